The molecule has 0 aliphatic carbocycles. The molecule has 0 saturated heterocycles. The van der Waals surface area contributed by atoms with Crippen LogP contribution in [0.15, 0.2) is 115 Å². The zero-order chi connectivity index (χ0) is 30.6. The Morgan fingerprint density at radius 3 is 2.18 bits per heavy atom. The minimum Gasteiger partial charge on any atom is -0.507 e. The monoisotopic (exact) mass is 573 g/mol. The highest BCUT2D eigenvalue weighted by atomic mass is 16.3. The van der Waals surface area contributed by atoms with E-state index in [1.165, 1.54) is 11.1 Å². The van der Waals surface area contributed by atoms with Crippen LogP contribution < -0.4 is 0 Å². The predicted octanol–water partition coefficient (Wildman–Crippen LogP) is 10.2. The number of hydrogen-bond donors (Lipinski definition) is 1. The van der Waals surface area contributed by atoms with E-state index in [1.54, 1.807) is 6.07 Å². The van der Waals surface area contributed by atoms with E-state index in [4.69, 9.17) is 9.97 Å². The van der Waals surface area contributed by atoms with Gasteiger partial charge in [-0.2, -0.15) is 0 Å². The molecule has 0 unspecified atom stereocenters. The van der Waals surface area contributed by atoms with Gasteiger partial charge in [0.1, 0.15) is 11.6 Å². The second kappa shape index (κ2) is 10.5. The van der Waals surface area contributed by atoms with Crippen molar-refractivity contribution in [3.8, 4) is 45.1 Å². The molecule has 216 valence electrons. The summed E-state index contributed by atoms with van der Waals surface area (Å²) in [6.07, 6.45) is 1.94. The first-order valence-corrected chi connectivity index (χ1v) is 15.1. The predicted molar refractivity (Wildman–Crippen MR) is 183 cm³/mol. The van der Waals surface area contributed by atoms with Gasteiger partial charge in [-0.1, -0.05) is 87.5 Å². The lowest BCUT2D eigenvalue weighted by molar-refractivity contribution is 0.477. The number of pyridine rings is 1. The topological polar surface area (TPSA) is 50.9 Å². The molecular formula is C40H35N3O. The Labute approximate surface area is 258 Å². The van der Waals surface area contributed by atoms with E-state index in [-0.39, 0.29) is 11.2 Å². The van der Waals surface area contributed by atoms with Crippen LogP contribution in [0.4, 0.5) is 0 Å². The molecule has 4 nitrogen and oxygen atoms in total. The van der Waals surface area contributed by atoms with Gasteiger partial charge >= 0.3 is 0 Å². The number of hydrogen-bond acceptors (Lipinski definition) is 3. The molecule has 0 aliphatic heterocycles. The number of aromatic hydroxyl groups is 1. The van der Waals surface area contributed by atoms with E-state index in [2.05, 4.69) is 124 Å². The molecule has 7 rings (SSSR count). The number of phenols is 1. The van der Waals surface area contributed by atoms with E-state index in [0.29, 0.717) is 11.4 Å². The van der Waals surface area contributed by atoms with E-state index >= 15 is 0 Å². The first-order chi connectivity index (χ1) is 21.2. The SMILES string of the molecule is Cc1cnc2c(-c3cccc(-c4cccc5c4nc(-c4ccccc4O)n5-c4ccc(C(C)(C)C)cc4)c3)c(C)ccc2c1. The Bertz CT molecular complexity index is 2180. The van der Waals surface area contributed by atoms with Crippen molar-refractivity contribution in [3.05, 3.63) is 132 Å². The van der Waals surface area contributed by atoms with E-state index in [0.717, 1.165) is 55.4 Å². The highest BCUT2D eigenvalue weighted by molar-refractivity contribution is 5.99. The number of nitrogens with zero attached hydrogens (tertiary/aromatic N) is 3. The van der Waals surface area contributed by atoms with Gasteiger partial charge in [0.2, 0.25) is 0 Å². The average molecular weight is 574 g/mol. The fourth-order valence-corrected chi connectivity index (χ4v) is 6.17. The second-order valence-electron chi connectivity index (χ2n) is 12.7. The Morgan fingerprint density at radius 2 is 1.41 bits per heavy atom. The number of imidazole rings is 1. The molecule has 2 aromatic heterocycles. The van der Waals surface area contributed by atoms with Crippen molar-refractivity contribution >= 4 is 21.9 Å². The number of benzene rings is 5. The van der Waals surface area contributed by atoms with Crippen molar-refractivity contribution in [2.45, 2.75) is 40.0 Å². The molecule has 0 fully saturated rings. The quantitative estimate of drug-likeness (QED) is 0.228. The highest BCUT2D eigenvalue weighted by Gasteiger charge is 2.21. The maximum absolute atomic E-state index is 10.9. The molecule has 5 aromatic carbocycles. The minimum absolute atomic E-state index is 0.0467. The molecule has 0 amide bonds. The minimum atomic E-state index is 0.0467. The van der Waals surface area contributed by atoms with Crippen LogP contribution in [-0.4, -0.2) is 19.6 Å². The molecule has 0 spiro atoms. The van der Waals surface area contributed by atoms with Crippen LogP contribution in [0.3, 0.4) is 0 Å². The van der Waals surface area contributed by atoms with Crippen LogP contribution in [-0.2, 0) is 5.41 Å². The highest BCUT2D eigenvalue weighted by Crippen LogP contribution is 2.39. The summed E-state index contributed by atoms with van der Waals surface area (Å²) in [7, 11) is 0. The van der Waals surface area contributed by atoms with Gasteiger partial charge in [-0.15, -0.1) is 0 Å². The van der Waals surface area contributed by atoms with Crippen molar-refractivity contribution in [2.24, 2.45) is 0 Å². The van der Waals surface area contributed by atoms with Gasteiger partial charge in [0.25, 0.3) is 0 Å². The lowest BCUT2D eigenvalue weighted by atomic mass is 9.87. The van der Waals surface area contributed by atoms with Crippen molar-refractivity contribution in [3.63, 3.8) is 0 Å². The van der Waals surface area contributed by atoms with Gasteiger partial charge in [0, 0.05) is 28.4 Å². The molecule has 0 saturated carbocycles. The third-order valence-electron chi connectivity index (χ3n) is 8.48. The molecule has 0 radical (unpaired) electrons. The van der Waals surface area contributed by atoms with Crippen molar-refractivity contribution < 1.29 is 5.11 Å². The first kappa shape index (κ1) is 27.6. The molecule has 0 atom stereocenters. The molecular weight excluding hydrogens is 538 g/mol. The lowest BCUT2D eigenvalue weighted by Gasteiger charge is -2.19. The number of para-hydroxylation sites is 2. The first-order valence-electron chi connectivity index (χ1n) is 15.1. The van der Waals surface area contributed by atoms with Crippen molar-refractivity contribution in [1.29, 1.82) is 0 Å². The number of aromatic nitrogens is 3. The third-order valence-corrected chi connectivity index (χ3v) is 8.48. The Morgan fingerprint density at radius 1 is 0.682 bits per heavy atom. The molecule has 2 heterocycles. The molecule has 7 aromatic rings. The van der Waals surface area contributed by atoms with Gasteiger partial charge in [-0.3, -0.25) is 9.55 Å². The lowest BCUT2D eigenvalue weighted by Crippen LogP contribution is -2.11. The molecule has 4 heteroatoms. The number of fused-ring (bicyclic) bond motifs is 2. The zero-order valence-corrected chi connectivity index (χ0v) is 25.8. The summed E-state index contributed by atoms with van der Waals surface area (Å²) < 4.78 is 2.16. The van der Waals surface area contributed by atoms with Gasteiger partial charge in [0.15, 0.2) is 0 Å². The molecule has 0 aliphatic rings. The van der Waals surface area contributed by atoms with Gasteiger partial charge in [-0.05, 0) is 89.5 Å². The van der Waals surface area contributed by atoms with Crippen LogP contribution >= 0.6 is 0 Å². The van der Waals surface area contributed by atoms with Crippen LogP contribution in [0, 0.1) is 13.8 Å². The summed E-state index contributed by atoms with van der Waals surface area (Å²) in [6, 6.07) is 37.6. The summed E-state index contributed by atoms with van der Waals surface area (Å²) in [5.41, 5.74) is 12.6. The Kier molecular flexibility index (Phi) is 6.58. The number of aryl methyl sites for hydroxylation is 2. The Balaban J connectivity index is 1.45. The molecule has 0 bridgehead atoms. The zero-order valence-electron chi connectivity index (χ0n) is 25.8. The van der Waals surface area contributed by atoms with Gasteiger partial charge in [-0.25, -0.2) is 4.98 Å². The summed E-state index contributed by atoms with van der Waals surface area (Å²) in [5, 5.41) is 12.1. The summed E-state index contributed by atoms with van der Waals surface area (Å²) in [5.74, 6) is 0.905. The van der Waals surface area contributed by atoms with Crippen LogP contribution in [0.1, 0.15) is 37.5 Å². The fraction of sp³-hybridized carbons (Fsp3) is 0.150. The Hall–Kier alpha value is -5.22. The smallest absolute Gasteiger partial charge is 0.149 e. The van der Waals surface area contributed by atoms with Crippen LogP contribution in [0.2, 0.25) is 0 Å². The normalized spacial score (nSPS) is 11.8. The largest absolute Gasteiger partial charge is 0.507 e. The fourth-order valence-electron chi connectivity index (χ4n) is 6.17. The second-order valence-corrected chi connectivity index (χ2v) is 12.7. The maximum atomic E-state index is 10.9. The van der Waals surface area contributed by atoms with Crippen LogP contribution in [0.5, 0.6) is 5.75 Å². The number of phenolic OH excluding ortho intramolecular Hbond substituents is 1. The molecule has 44 heavy (non-hydrogen) atoms. The standard InChI is InChI=1S/C40H35N3O/c1-25-22-29-17-16-26(2)36(37(29)41-24-25)28-11-8-10-27(23-28)32-13-9-14-34-38(32)42-39(33-12-6-7-15-35(33)44)43(34)31-20-18-30(19-21-31)40(3,4)5/h6-24,44H,1-5H3. The van der Waals surface area contributed by atoms with Gasteiger partial charge in [0.05, 0.1) is 22.1 Å². The summed E-state index contributed by atoms with van der Waals surface area (Å²) in [6.45, 7) is 10.9. The maximum Gasteiger partial charge on any atom is 0.149 e. The average Bonchev–Trinajstić information content (AvgIpc) is 3.40. The summed E-state index contributed by atoms with van der Waals surface area (Å²) >= 11 is 0. The van der Waals surface area contributed by atoms with E-state index in [9.17, 15) is 5.11 Å². The van der Waals surface area contributed by atoms with Crippen molar-refractivity contribution in [1.82, 2.24) is 14.5 Å². The molecule has 1 N–H and O–H groups in total. The van der Waals surface area contributed by atoms with Crippen LogP contribution in [0.25, 0.3) is 61.3 Å². The summed E-state index contributed by atoms with van der Waals surface area (Å²) in [4.78, 5) is 10.1. The number of rotatable bonds is 4. The van der Waals surface area contributed by atoms with E-state index in [1.807, 2.05) is 24.4 Å². The van der Waals surface area contributed by atoms with E-state index < -0.39 is 0 Å². The third kappa shape index (κ3) is 4.73. The van der Waals surface area contributed by atoms with Crippen molar-refractivity contribution in [2.75, 3.05) is 0 Å². The van der Waals surface area contributed by atoms with Gasteiger partial charge < -0.3 is 5.11 Å².